The normalized spacial score (nSPS) is 35.1. The molecule has 2 fully saturated rings. The summed E-state index contributed by atoms with van der Waals surface area (Å²) in [5.41, 5.74) is 3.96. The van der Waals surface area contributed by atoms with Crippen molar-refractivity contribution in [3.63, 3.8) is 0 Å². The number of nitrogens with zero attached hydrogens (tertiary/aromatic N) is 2. The van der Waals surface area contributed by atoms with E-state index in [2.05, 4.69) is 41.0 Å². The Morgan fingerprint density at radius 2 is 1.82 bits per heavy atom. The maximum absolute atomic E-state index is 12.7. The molecule has 0 N–H and O–H groups in total. The van der Waals surface area contributed by atoms with Crippen molar-refractivity contribution in [3.05, 3.63) is 35.9 Å². The average molecular weight is 294 g/mol. The lowest BCUT2D eigenvalue weighted by molar-refractivity contribution is -0.139. The molecule has 3 nitrogen and oxygen atoms in total. The van der Waals surface area contributed by atoms with Crippen LogP contribution in [0.25, 0.3) is 5.57 Å². The number of fused-ring (bicyclic) bond motifs is 3. The van der Waals surface area contributed by atoms with Crippen molar-refractivity contribution in [2.75, 3.05) is 18.0 Å². The van der Waals surface area contributed by atoms with E-state index in [4.69, 9.17) is 0 Å². The molecule has 5 rings (SSSR count). The lowest BCUT2D eigenvalue weighted by Gasteiger charge is -2.62. The molecular weight excluding hydrogens is 272 g/mol. The highest BCUT2D eigenvalue weighted by molar-refractivity contribution is 6.09. The molecule has 3 heteroatoms. The molecule has 0 aromatic heterocycles. The van der Waals surface area contributed by atoms with E-state index in [0.717, 1.165) is 25.9 Å². The van der Waals surface area contributed by atoms with Gasteiger partial charge in [0.2, 0.25) is 5.91 Å². The summed E-state index contributed by atoms with van der Waals surface area (Å²) in [4.78, 5) is 17.5. The average Bonchev–Trinajstić information content (AvgIpc) is 3.01. The summed E-state index contributed by atoms with van der Waals surface area (Å²) in [7, 11) is 0. The smallest absolute Gasteiger partial charge is 0.249 e. The molecule has 1 amide bonds. The van der Waals surface area contributed by atoms with Crippen molar-refractivity contribution in [2.45, 2.75) is 44.7 Å². The van der Waals surface area contributed by atoms with E-state index in [9.17, 15) is 4.79 Å². The third-order valence-corrected chi connectivity index (χ3v) is 6.67. The first-order valence-electron chi connectivity index (χ1n) is 8.65. The van der Waals surface area contributed by atoms with E-state index in [1.54, 1.807) is 0 Å². The second-order valence-electron chi connectivity index (χ2n) is 7.23. The van der Waals surface area contributed by atoms with Crippen LogP contribution in [0.3, 0.4) is 0 Å². The summed E-state index contributed by atoms with van der Waals surface area (Å²) in [5, 5.41) is 0. The van der Waals surface area contributed by atoms with Crippen LogP contribution >= 0.6 is 0 Å². The Labute approximate surface area is 131 Å². The zero-order valence-corrected chi connectivity index (χ0v) is 13.1. The maximum Gasteiger partial charge on any atom is 0.249 e. The molecule has 1 spiro atoms. The predicted molar refractivity (Wildman–Crippen MR) is 87.4 cm³/mol. The molecule has 0 bridgehead atoms. The monoisotopic (exact) mass is 294 g/mol. The third-order valence-electron chi connectivity index (χ3n) is 6.67. The van der Waals surface area contributed by atoms with Crippen LogP contribution in [0, 0.1) is 5.41 Å². The van der Waals surface area contributed by atoms with E-state index in [0.29, 0.717) is 0 Å². The standard InChI is InChI=1S/C19H22N2O/c1-2-18-9-5-11-20-16-8-4-3-7-14(16)15-13-17(22)21(12-6-10-18)19(15,18)20/h3-4,7-8,13H,2,5-6,9-12H2,1H3/t18-,19+/m0/s1. The number of rotatable bonds is 1. The number of benzene rings is 1. The number of anilines is 1. The summed E-state index contributed by atoms with van der Waals surface area (Å²) in [5.74, 6) is 0.230. The molecular formula is C19H22N2O. The highest BCUT2D eigenvalue weighted by atomic mass is 16.2. The van der Waals surface area contributed by atoms with Crippen LogP contribution in [0.2, 0.25) is 0 Å². The number of carbonyl (C=O) groups excluding carboxylic acids is 1. The summed E-state index contributed by atoms with van der Waals surface area (Å²) >= 11 is 0. The van der Waals surface area contributed by atoms with Gasteiger partial charge in [0.25, 0.3) is 0 Å². The first-order chi connectivity index (χ1) is 10.7. The zero-order valence-electron chi connectivity index (χ0n) is 13.1. The van der Waals surface area contributed by atoms with Crippen molar-refractivity contribution in [1.29, 1.82) is 0 Å². The van der Waals surface area contributed by atoms with Gasteiger partial charge in [-0.1, -0.05) is 25.1 Å². The number of para-hydroxylation sites is 1. The summed E-state index contributed by atoms with van der Waals surface area (Å²) in [6.07, 6.45) is 7.97. The van der Waals surface area contributed by atoms with Gasteiger partial charge in [0.15, 0.2) is 0 Å². The highest BCUT2D eigenvalue weighted by Gasteiger charge is 2.68. The Morgan fingerprint density at radius 1 is 1.09 bits per heavy atom. The molecule has 0 aliphatic carbocycles. The molecule has 22 heavy (non-hydrogen) atoms. The highest BCUT2D eigenvalue weighted by Crippen LogP contribution is 2.66. The van der Waals surface area contributed by atoms with Crippen LogP contribution < -0.4 is 4.90 Å². The topological polar surface area (TPSA) is 23.6 Å². The van der Waals surface area contributed by atoms with Crippen LogP contribution in [-0.2, 0) is 4.79 Å². The van der Waals surface area contributed by atoms with Gasteiger partial charge in [0.05, 0.1) is 0 Å². The molecule has 1 aromatic rings. The van der Waals surface area contributed by atoms with Gasteiger partial charge in [-0.3, -0.25) is 4.79 Å². The van der Waals surface area contributed by atoms with Gasteiger partial charge in [-0.05, 0) is 38.2 Å². The van der Waals surface area contributed by atoms with E-state index in [-0.39, 0.29) is 17.0 Å². The van der Waals surface area contributed by atoms with Gasteiger partial charge in [0, 0.05) is 41.4 Å². The summed E-state index contributed by atoms with van der Waals surface area (Å²) in [6.45, 7) is 4.30. The molecule has 0 radical (unpaired) electrons. The first-order valence-corrected chi connectivity index (χ1v) is 8.65. The number of amides is 1. The molecule has 4 heterocycles. The predicted octanol–water partition coefficient (Wildman–Crippen LogP) is 3.41. The number of carbonyl (C=O) groups is 1. The molecule has 4 aliphatic heterocycles. The molecule has 1 aromatic carbocycles. The summed E-state index contributed by atoms with van der Waals surface area (Å²) < 4.78 is 0. The summed E-state index contributed by atoms with van der Waals surface area (Å²) in [6, 6.07) is 8.69. The Hall–Kier alpha value is -1.77. The molecule has 2 saturated heterocycles. The van der Waals surface area contributed by atoms with E-state index >= 15 is 0 Å². The van der Waals surface area contributed by atoms with E-state index in [1.165, 1.54) is 36.1 Å². The Balaban J connectivity index is 1.85. The SMILES string of the molecule is CC[C@@]12CCCN3C(=O)C=C4c5ccccc5N(CCC1)[C@]432. The lowest BCUT2D eigenvalue weighted by atomic mass is 9.60. The van der Waals surface area contributed by atoms with Crippen LogP contribution in [-0.4, -0.2) is 29.6 Å². The maximum atomic E-state index is 12.7. The van der Waals surface area contributed by atoms with Gasteiger partial charge in [-0.15, -0.1) is 0 Å². The van der Waals surface area contributed by atoms with Gasteiger partial charge >= 0.3 is 0 Å². The number of hydrogen-bond acceptors (Lipinski definition) is 2. The Kier molecular flexibility index (Phi) is 2.29. The molecule has 4 aliphatic rings. The Bertz CT molecular complexity index is 705. The minimum absolute atomic E-state index is 0.182. The van der Waals surface area contributed by atoms with Gasteiger partial charge in [-0.25, -0.2) is 0 Å². The lowest BCUT2D eigenvalue weighted by Crippen LogP contribution is -2.71. The minimum Gasteiger partial charge on any atom is -0.344 e. The van der Waals surface area contributed by atoms with E-state index < -0.39 is 0 Å². The van der Waals surface area contributed by atoms with Crippen molar-refractivity contribution in [3.8, 4) is 0 Å². The molecule has 114 valence electrons. The van der Waals surface area contributed by atoms with Crippen molar-refractivity contribution in [2.24, 2.45) is 5.41 Å². The second-order valence-corrected chi connectivity index (χ2v) is 7.23. The van der Waals surface area contributed by atoms with Crippen LogP contribution in [0.4, 0.5) is 5.69 Å². The molecule has 0 unspecified atom stereocenters. The number of piperidine rings is 2. The van der Waals surface area contributed by atoms with Gasteiger partial charge < -0.3 is 9.80 Å². The Morgan fingerprint density at radius 3 is 2.59 bits per heavy atom. The minimum atomic E-state index is -0.182. The first kappa shape index (κ1) is 12.7. The van der Waals surface area contributed by atoms with Crippen LogP contribution in [0.15, 0.2) is 30.3 Å². The fourth-order valence-electron chi connectivity index (χ4n) is 5.91. The van der Waals surface area contributed by atoms with Gasteiger partial charge in [0.1, 0.15) is 5.66 Å². The zero-order chi connectivity index (χ0) is 14.9. The van der Waals surface area contributed by atoms with Crippen molar-refractivity contribution >= 4 is 17.2 Å². The van der Waals surface area contributed by atoms with Crippen molar-refractivity contribution < 1.29 is 4.79 Å². The third kappa shape index (κ3) is 1.13. The van der Waals surface area contributed by atoms with E-state index in [1.807, 2.05) is 6.08 Å². The fraction of sp³-hybridized carbons (Fsp3) is 0.526. The second kappa shape index (κ2) is 3.95. The van der Waals surface area contributed by atoms with Crippen LogP contribution in [0.5, 0.6) is 0 Å². The number of hydrogen-bond donors (Lipinski definition) is 0. The van der Waals surface area contributed by atoms with Gasteiger partial charge in [-0.2, -0.15) is 0 Å². The van der Waals surface area contributed by atoms with Crippen molar-refractivity contribution in [1.82, 2.24) is 4.90 Å². The largest absolute Gasteiger partial charge is 0.344 e. The fourth-order valence-corrected chi connectivity index (χ4v) is 5.91. The quantitative estimate of drug-likeness (QED) is 0.792. The molecule has 2 atom stereocenters. The van der Waals surface area contributed by atoms with Crippen LogP contribution in [0.1, 0.15) is 44.6 Å². The molecule has 0 saturated carbocycles.